The van der Waals surface area contributed by atoms with Crippen LogP contribution in [0.2, 0.25) is 0 Å². The highest BCUT2D eigenvalue weighted by atomic mass is 16.6. The van der Waals surface area contributed by atoms with Gasteiger partial charge in [-0.3, -0.25) is 14.9 Å². The first kappa shape index (κ1) is 25.2. The molecule has 1 saturated carbocycles. The molecule has 0 bridgehead atoms. The van der Waals surface area contributed by atoms with E-state index in [1.165, 1.54) is 12.3 Å². The highest BCUT2D eigenvalue weighted by Gasteiger charge is 2.28. The normalized spacial score (nSPS) is 14.9. The number of amides is 2. The second kappa shape index (κ2) is 11.6. The number of nitrogens with zero attached hydrogens (tertiary/aromatic N) is 2. The van der Waals surface area contributed by atoms with E-state index >= 15 is 0 Å². The molecule has 0 spiro atoms. The van der Waals surface area contributed by atoms with E-state index in [-0.39, 0.29) is 30.1 Å². The van der Waals surface area contributed by atoms with Crippen LogP contribution in [-0.4, -0.2) is 46.2 Å². The fourth-order valence-corrected chi connectivity index (χ4v) is 3.68. The SMILES string of the molecule is CC(C)(C)OC(=O)Nc1ccc(CCC(NC(=O)C2CCCC2)C(=O)COc2ccon2)cn1. The highest BCUT2D eigenvalue weighted by molar-refractivity contribution is 5.90. The maximum Gasteiger partial charge on any atom is 0.413 e. The number of aryl methyl sites for hydroxylation is 1. The molecule has 0 radical (unpaired) electrons. The predicted octanol–water partition coefficient (Wildman–Crippen LogP) is 3.67. The topological polar surface area (TPSA) is 133 Å². The van der Waals surface area contributed by atoms with Crippen molar-refractivity contribution in [3.63, 3.8) is 0 Å². The van der Waals surface area contributed by atoms with Gasteiger partial charge in [-0.25, -0.2) is 9.78 Å². The van der Waals surface area contributed by atoms with Gasteiger partial charge in [-0.1, -0.05) is 18.9 Å². The maximum absolute atomic E-state index is 12.8. The first-order chi connectivity index (χ1) is 16.2. The lowest BCUT2D eigenvalue weighted by Gasteiger charge is -2.20. The van der Waals surface area contributed by atoms with Crippen molar-refractivity contribution in [1.29, 1.82) is 0 Å². The molecule has 34 heavy (non-hydrogen) atoms. The minimum absolute atomic E-state index is 0.0494. The number of nitrogens with one attached hydrogen (secondary N) is 2. The third-order valence-corrected chi connectivity index (χ3v) is 5.38. The molecule has 1 aliphatic rings. The molecule has 184 valence electrons. The third-order valence-electron chi connectivity index (χ3n) is 5.38. The Morgan fingerprint density at radius 3 is 2.56 bits per heavy atom. The van der Waals surface area contributed by atoms with Gasteiger partial charge in [0, 0.05) is 18.2 Å². The van der Waals surface area contributed by atoms with Gasteiger partial charge >= 0.3 is 6.09 Å². The Kier molecular flexibility index (Phi) is 8.61. The van der Waals surface area contributed by atoms with Crippen molar-refractivity contribution in [3.05, 3.63) is 36.2 Å². The molecule has 2 N–H and O–H groups in total. The van der Waals surface area contributed by atoms with Crippen LogP contribution in [0.4, 0.5) is 10.6 Å². The van der Waals surface area contributed by atoms with Crippen LogP contribution in [-0.2, 0) is 20.7 Å². The van der Waals surface area contributed by atoms with Gasteiger partial charge in [-0.05, 0) is 63.2 Å². The minimum atomic E-state index is -0.695. The van der Waals surface area contributed by atoms with Crippen molar-refractivity contribution in [3.8, 4) is 5.88 Å². The lowest BCUT2D eigenvalue weighted by Crippen LogP contribution is -2.45. The van der Waals surface area contributed by atoms with E-state index in [0.717, 1.165) is 31.2 Å². The van der Waals surface area contributed by atoms with Gasteiger partial charge in [0.2, 0.25) is 5.91 Å². The molecule has 1 atom stereocenters. The molecular formula is C24H32N4O6. The number of aromatic nitrogens is 2. The van der Waals surface area contributed by atoms with Crippen LogP contribution in [0.5, 0.6) is 5.88 Å². The summed E-state index contributed by atoms with van der Waals surface area (Å²) in [7, 11) is 0. The zero-order valence-electron chi connectivity index (χ0n) is 19.8. The van der Waals surface area contributed by atoms with Crippen molar-refractivity contribution in [2.45, 2.75) is 70.9 Å². The number of pyridine rings is 1. The second-order valence-corrected chi connectivity index (χ2v) is 9.35. The molecule has 2 aromatic heterocycles. The number of Topliss-reactive ketones (excluding diaryl/α,β-unsaturated/α-hetero) is 1. The molecule has 0 aromatic carbocycles. The Labute approximate surface area is 198 Å². The number of ether oxygens (including phenoxy) is 2. The molecule has 1 aliphatic carbocycles. The average Bonchev–Trinajstić information content (AvgIpc) is 3.49. The molecule has 2 aromatic rings. The Morgan fingerprint density at radius 2 is 1.94 bits per heavy atom. The van der Waals surface area contributed by atoms with Crippen molar-refractivity contribution in [2.24, 2.45) is 5.92 Å². The van der Waals surface area contributed by atoms with Crippen LogP contribution in [0.1, 0.15) is 58.4 Å². The van der Waals surface area contributed by atoms with E-state index in [2.05, 4.69) is 20.8 Å². The van der Waals surface area contributed by atoms with E-state index in [0.29, 0.717) is 18.7 Å². The average molecular weight is 473 g/mol. The smallest absolute Gasteiger partial charge is 0.413 e. The molecular weight excluding hydrogens is 440 g/mol. The van der Waals surface area contributed by atoms with E-state index in [1.807, 2.05) is 6.07 Å². The number of carbonyl (C=O) groups is 3. The summed E-state index contributed by atoms with van der Waals surface area (Å²) in [6.07, 6.45) is 7.04. The monoisotopic (exact) mass is 472 g/mol. The Morgan fingerprint density at radius 1 is 1.18 bits per heavy atom. The van der Waals surface area contributed by atoms with Crippen LogP contribution in [0.25, 0.3) is 0 Å². The first-order valence-corrected chi connectivity index (χ1v) is 11.5. The summed E-state index contributed by atoms with van der Waals surface area (Å²) in [5.74, 6) is 0.192. The number of carbonyl (C=O) groups excluding carboxylic acids is 3. The summed E-state index contributed by atoms with van der Waals surface area (Å²) < 4.78 is 15.3. The predicted molar refractivity (Wildman–Crippen MR) is 123 cm³/mol. The number of ketones is 1. The fraction of sp³-hybridized carbons (Fsp3) is 0.542. The van der Waals surface area contributed by atoms with E-state index in [1.54, 1.807) is 33.0 Å². The molecule has 0 saturated heterocycles. The van der Waals surface area contributed by atoms with Crippen molar-refractivity contribution in [1.82, 2.24) is 15.5 Å². The molecule has 2 amide bonds. The summed E-state index contributed by atoms with van der Waals surface area (Å²) in [4.78, 5) is 41.6. The molecule has 2 heterocycles. The maximum atomic E-state index is 12.8. The van der Waals surface area contributed by atoms with Gasteiger partial charge in [0.25, 0.3) is 5.88 Å². The Hall–Kier alpha value is -3.43. The fourth-order valence-electron chi connectivity index (χ4n) is 3.68. The summed E-state index contributed by atoms with van der Waals surface area (Å²) in [6, 6.07) is 4.30. The highest BCUT2D eigenvalue weighted by Crippen LogP contribution is 2.25. The van der Waals surface area contributed by atoms with Gasteiger partial charge < -0.3 is 19.3 Å². The van der Waals surface area contributed by atoms with Gasteiger partial charge in [-0.15, -0.1) is 0 Å². The lowest BCUT2D eigenvalue weighted by molar-refractivity contribution is -0.131. The standard InChI is InChI=1S/C24H32N4O6/c1-24(2,3)34-23(31)27-20-11-9-16(14-25-20)8-10-18(26-22(30)17-6-4-5-7-17)19(29)15-32-21-12-13-33-28-21/h9,11-14,17-18H,4-8,10,15H2,1-3H3,(H,26,30)(H,25,27,31). The quantitative estimate of drug-likeness (QED) is 0.535. The van der Waals surface area contributed by atoms with Crippen molar-refractivity contribution in [2.75, 3.05) is 11.9 Å². The third kappa shape index (κ3) is 8.17. The zero-order chi connectivity index (χ0) is 24.6. The van der Waals surface area contributed by atoms with Crippen molar-refractivity contribution >= 4 is 23.6 Å². The molecule has 10 heteroatoms. The van der Waals surface area contributed by atoms with Crippen LogP contribution in [0.3, 0.4) is 0 Å². The number of rotatable bonds is 10. The van der Waals surface area contributed by atoms with Crippen LogP contribution in [0, 0.1) is 5.92 Å². The summed E-state index contributed by atoms with van der Waals surface area (Å²) in [5.41, 5.74) is 0.256. The second-order valence-electron chi connectivity index (χ2n) is 9.35. The van der Waals surface area contributed by atoms with E-state index in [4.69, 9.17) is 14.0 Å². The minimum Gasteiger partial charge on any atom is -0.467 e. The van der Waals surface area contributed by atoms with Gasteiger partial charge in [0.15, 0.2) is 12.4 Å². The molecule has 10 nitrogen and oxygen atoms in total. The van der Waals surface area contributed by atoms with Gasteiger partial charge in [-0.2, -0.15) is 0 Å². The summed E-state index contributed by atoms with van der Waals surface area (Å²) >= 11 is 0. The molecule has 0 aliphatic heterocycles. The largest absolute Gasteiger partial charge is 0.467 e. The number of hydrogen-bond acceptors (Lipinski definition) is 8. The number of anilines is 1. The first-order valence-electron chi connectivity index (χ1n) is 11.5. The van der Waals surface area contributed by atoms with Crippen LogP contribution < -0.4 is 15.4 Å². The molecule has 3 rings (SSSR count). The Balaban J connectivity index is 1.56. The van der Waals surface area contributed by atoms with Gasteiger partial charge in [0.05, 0.1) is 6.04 Å². The molecule has 1 unspecified atom stereocenters. The summed E-state index contributed by atoms with van der Waals surface area (Å²) in [5, 5.41) is 9.12. The molecule has 1 fully saturated rings. The van der Waals surface area contributed by atoms with Crippen LogP contribution in [0.15, 0.2) is 35.2 Å². The van der Waals surface area contributed by atoms with E-state index < -0.39 is 17.7 Å². The Bertz CT molecular complexity index is 947. The van der Waals surface area contributed by atoms with Crippen LogP contribution >= 0.6 is 0 Å². The van der Waals surface area contributed by atoms with Gasteiger partial charge in [0.1, 0.15) is 17.7 Å². The van der Waals surface area contributed by atoms with Crippen molar-refractivity contribution < 1.29 is 28.4 Å². The summed E-state index contributed by atoms with van der Waals surface area (Å²) in [6.45, 7) is 5.12. The number of hydrogen-bond donors (Lipinski definition) is 2. The zero-order valence-corrected chi connectivity index (χ0v) is 19.8. The van der Waals surface area contributed by atoms with E-state index in [9.17, 15) is 14.4 Å². The lowest BCUT2D eigenvalue weighted by atomic mass is 10.0.